The highest BCUT2D eigenvalue weighted by molar-refractivity contribution is 5.76. The number of ether oxygens (including phenoxy) is 2. The Hall–Kier alpha value is -1.06. The number of hydrogen-bond donors (Lipinski definition) is 0. The molecule has 76 valence electrons. The van der Waals surface area contributed by atoms with Gasteiger partial charge in [-0.25, -0.2) is 0 Å². The standard InChI is InChI=1S/C10H12O4/c1-10(13-4-11)7-3-5-2-6(7)9(12)14-8(5)10/h4-8H,2-3H2,1H3. The van der Waals surface area contributed by atoms with E-state index in [-0.39, 0.29) is 23.9 Å². The Morgan fingerprint density at radius 3 is 3.00 bits per heavy atom. The molecule has 14 heavy (non-hydrogen) atoms. The molecule has 0 aromatic rings. The number of hydrogen-bond acceptors (Lipinski definition) is 4. The Morgan fingerprint density at radius 2 is 2.36 bits per heavy atom. The first-order valence-corrected chi connectivity index (χ1v) is 4.99. The van der Waals surface area contributed by atoms with Gasteiger partial charge in [0.1, 0.15) is 11.7 Å². The Bertz CT molecular complexity index is 309. The molecule has 0 aromatic heterocycles. The van der Waals surface area contributed by atoms with Gasteiger partial charge in [-0.2, -0.15) is 0 Å². The molecule has 0 N–H and O–H groups in total. The summed E-state index contributed by atoms with van der Waals surface area (Å²) in [6.45, 7) is 2.36. The summed E-state index contributed by atoms with van der Waals surface area (Å²) in [4.78, 5) is 21.9. The lowest BCUT2D eigenvalue weighted by atomic mass is 9.74. The van der Waals surface area contributed by atoms with Crippen LogP contribution in [-0.4, -0.2) is 24.1 Å². The average molecular weight is 196 g/mol. The van der Waals surface area contributed by atoms with E-state index >= 15 is 0 Å². The summed E-state index contributed by atoms with van der Waals surface area (Å²) in [6, 6.07) is 0. The second-order valence-corrected chi connectivity index (χ2v) is 4.70. The van der Waals surface area contributed by atoms with Gasteiger partial charge in [0.15, 0.2) is 0 Å². The first-order chi connectivity index (χ1) is 6.66. The lowest BCUT2D eigenvalue weighted by Crippen LogP contribution is -2.58. The first-order valence-electron chi connectivity index (χ1n) is 4.99. The molecule has 2 aliphatic carbocycles. The predicted octanol–water partition coefficient (Wildman–Crippen LogP) is 0.499. The van der Waals surface area contributed by atoms with E-state index in [0.29, 0.717) is 12.4 Å². The number of carbonyl (C=O) groups excluding carboxylic acids is 2. The lowest BCUT2D eigenvalue weighted by Gasteiger charge is -2.46. The van der Waals surface area contributed by atoms with E-state index in [2.05, 4.69) is 0 Å². The average Bonchev–Trinajstić information content (AvgIpc) is 2.62. The molecule has 2 saturated carbocycles. The van der Waals surface area contributed by atoms with Crippen LogP contribution in [0.4, 0.5) is 0 Å². The quantitative estimate of drug-likeness (QED) is 0.476. The van der Waals surface area contributed by atoms with E-state index in [0.717, 1.165) is 12.8 Å². The van der Waals surface area contributed by atoms with Crippen molar-refractivity contribution in [2.24, 2.45) is 17.8 Å². The maximum atomic E-state index is 11.4. The summed E-state index contributed by atoms with van der Waals surface area (Å²) in [5.41, 5.74) is -0.552. The third-order valence-corrected chi connectivity index (χ3v) is 4.18. The summed E-state index contributed by atoms with van der Waals surface area (Å²) < 4.78 is 10.4. The number of fused-ring (bicyclic) bond motifs is 1. The molecule has 4 rings (SSSR count). The fourth-order valence-corrected chi connectivity index (χ4v) is 3.58. The Labute approximate surface area is 81.6 Å². The SMILES string of the molecule is CC1(OC=O)C2CC3CC2C(=O)OC31. The topological polar surface area (TPSA) is 52.6 Å². The van der Waals surface area contributed by atoms with Crippen molar-refractivity contribution in [1.82, 2.24) is 0 Å². The predicted molar refractivity (Wildman–Crippen MR) is 45.1 cm³/mol. The Kier molecular flexibility index (Phi) is 1.36. The van der Waals surface area contributed by atoms with Crippen molar-refractivity contribution in [3.8, 4) is 0 Å². The maximum Gasteiger partial charge on any atom is 0.309 e. The number of carbonyl (C=O) groups is 2. The van der Waals surface area contributed by atoms with Gasteiger partial charge >= 0.3 is 5.97 Å². The molecular formula is C10H12O4. The molecule has 2 saturated heterocycles. The van der Waals surface area contributed by atoms with Crippen molar-refractivity contribution in [3.63, 3.8) is 0 Å². The minimum absolute atomic E-state index is 0.0325. The van der Waals surface area contributed by atoms with Gasteiger partial charge in [-0.1, -0.05) is 0 Å². The maximum absolute atomic E-state index is 11.4. The zero-order valence-electron chi connectivity index (χ0n) is 7.93. The summed E-state index contributed by atoms with van der Waals surface area (Å²) in [5.74, 6) is 0.465. The van der Waals surface area contributed by atoms with Crippen LogP contribution in [0.25, 0.3) is 0 Å². The monoisotopic (exact) mass is 196 g/mol. The molecule has 5 unspecified atom stereocenters. The van der Waals surface area contributed by atoms with Crippen LogP contribution in [0.3, 0.4) is 0 Å². The molecule has 0 spiro atoms. The molecule has 4 aliphatic rings. The molecule has 2 aliphatic heterocycles. The lowest BCUT2D eigenvalue weighted by molar-refractivity contribution is -0.214. The molecule has 0 radical (unpaired) electrons. The van der Waals surface area contributed by atoms with Gasteiger partial charge in [0.05, 0.1) is 5.92 Å². The van der Waals surface area contributed by atoms with Gasteiger partial charge in [-0.15, -0.1) is 0 Å². The van der Waals surface area contributed by atoms with E-state index in [1.165, 1.54) is 0 Å². The van der Waals surface area contributed by atoms with Gasteiger partial charge in [0.2, 0.25) is 0 Å². The summed E-state index contributed by atoms with van der Waals surface area (Å²) >= 11 is 0. The highest BCUT2D eigenvalue weighted by atomic mass is 16.6. The van der Waals surface area contributed by atoms with Crippen molar-refractivity contribution in [1.29, 1.82) is 0 Å². The van der Waals surface area contributed by atoms with Crippen molar-refractivity contribution >= 4 is 12.4 Å². The largest absolute Gasteiger partial charge is 0.458 e. The van der Waals surface area contributed by atoms with Crippen molar-refractivity contribution in [3.05, 3.63) is 0 Å². The van der Waals surface area contributed by atoms with Crippen LogP contribution in [0.2, 0.25) is 0 Å². The third-order valence-electron chi connectivity index (χ3n) is 4.18. The summed E-state index contributed by atoms with van der Waals surface area (Å²) in [5, 5.41) is 0. The minimum atomic E-state index is -0.552. The minimum Gasteiger partial charge on any atom is -0.458 e. The zero-order chi connectivity index (χ0) is 9.92. The van der Waals surface area contributed by atoms with Crippen molar-refractivity contribution in [2.45, 2.75) is 31.5 Å². The molecule has 0 aromatic carbocycles. The van der Waals surface area contributed by atoms with Crippen LogP contribution in [0.15, 0.2) is 0 Å². The van der Waals surface area contributed by atoms with Gasteiger partial charge < -0.3 is 9.47 Å². The summed E-state index contributed by atoms with van der Waals surface area (Å²) in [7, 11) is 0. The smallest absolute Gasteiger partial charge is 0.309 e. The second kappa shape index (κ2) is 2.30. The van der Waals surface area contributed by atoms with E-state index in [1.807, 2.05) is 6.92 Å². The van der Waals surface area contributed by atoms with E-state index in [1.54, 1.807) is 0 Å². The van der Waals surface area contributed by atoms with Crippen LogP contribution in [-0.2, 0) is 19.1 Å². The van der Waals surface area contributed by atoms with Gasteiger partial charge in [-0.05, 0) is 19.8 Å². The molecule has 2 heterocycles. The van der Waals surface area contributed by atoms with E-state index < -0.39 is 5.60 Å². The van der Waals surface area contributed by atoms with Gasteiger partial charge in [-0.3, -0.25) is 9.59 Å². The normalized spacial score (nSPS) is 53.4. The molecule has 4 bridgehead atoms. The molecular weight excluding hydrogens is 184 g/mol. The van der Waals surface area contributed by atoms with E-state index in [4.69, 9.17) is 9.47 Å². The highest BCUT2D eigenvalue weighted by Crippen LogP contribution is 2.60. The third kappa shape index (κ3) is 0.713. The fraction of sp³-hybridized carbons (Fsp3) is 0.800. The van der Waals surface area contributed by atoms with Gasteiger partial charge in [0.25, 0.3) is 6.47 Å². The van der Waals surface area contributed by atoms with Crippen molar-refractivity contribution < 1.29 is 19.1 Å². The number of rotatable bonds is 2. The van der Waals surface area contributed by atoms with Crippen LogP contribution in [0.1, 0.15) is 19.8 Å². The molecule has 4 heteroatoms. The Balaban J connectivity index is 1.99. The Morgan fingerprint density at radius 1 is 1.57 bits per heavy atom. The van der Waals surface area contributed by atoms with E-state index in [9.17, 15) is 9.59 Å². The van der Waals surface area contributed by atoms with Crippen LogP contribution in [0.5, 0.6) is 0 Å². The molecule has 4 nitrogen and oxygen atoms in total. The first kappa shape index (κ1) is 8.26. The second-order valence-electron chi connectivity index (χ2n) is 4.70. The van der Waals surface area contributed by atoms with Crippen molar-refractivity contribution in [2.75, 3.05) is 0 Å². The number of esters is 1. The van der Waals surface area contributed by atoms with Crippen LogP contribution < -0.4 is 0 Å². The molecule has 5 atom stereocenters. The summed E-state index contributed by atoms with van der Waals surface area (Å²) in [6.07, 6.45) is 1.69. The van der Waals surface area contributed by atoms with Crippen LogP contribution in [0, 0.1) is 17.8 Å². The zero-order valence-corrected chi connectivity index (χ0v) is 7.93. The molecule has 0 amide bonds. The fourth-order valence-electron chi connectivity index (χ4n) is 3.58. The molecule has 4 fully saturated rings. The highest BCUT2D eigenvalue weighted by Gasteiger charge is 2.68. The van der Waals surface area contributed by atoms with Crippen LogP contribution >= 0.6 is 0 Å². The van der Waals surface area contributed by atoms with Gasteiger partial charge in [0, 0.05) is 11.8 Å².